The molecule has 0 fully saturated rings. The molecule has 0 heterocycles. The average Bonchev–Trinajstić information content (AvgIpc) is 2.46. The van der Waals surface area contributed by atoms with Crippen molar-refractivity contribution in [1.29, 1.82) is 5.41 Å². The molecule has 3 N–H and O–H groups in total. The first-order chi connectivity index (χ1) is 10.0. The molecule has 0 saturated carbocycles. The van der Waals surface area contributed by atoms with Gasteiger partial charge in [0.25, 0.3) is 0 Å². The Bertz CT molecular complexity index is 653. The highest BCUT2D eigenvalue weighted by molar-refractivity contribution is 5.95. The molecule has 0 atom stereocenters. The normalized spacial score (nSPS) is 10.7. The summed E-state index contributed by atoms with van der Waals surface area (Å²) in [5.41, 5.74) is 6.94. The minimum absolute atomic E-state index is 0.105. The fourth-order valence-corrected chi connectivity index (χ4v) is 2.14. The van der Waals surface area contributed by atoms with Crippen LogP contribution >= 0.6 is 0 Å². The van der Waals surface area contributed by atoms with Gasteiger partial charge in [0.1, 0.15) is 24.0 Å². The lowest BCUT2D eigenvalue weighted by Gasteiger charge is -2.14. The standard InChI is InChI=1S/C17H19FN2O/c1-11(2)13-7-3-4-9-15(13)21-10-12-6-5-8-14(16(12)18)17(19)20/h3-9,11H,10H2,1-2H3,(H3,19,20). The second kappa shape index (κ2) is 6.39. The van der Waals surface area contributed by atoms with Crippen molar-refractivity contribution in [2.75, 3.05) is 0 Å². The maximum atomic E-state index is 14.2. The van der Waals surface area contributed by atoms with Crippen molar-refractivity contribution < 1.29 is 9.13 Å². The molecule has 2 aromatic carbocycles. The molecule has 0 aliphatic carbocycles. The van der Waals surface area contributed by atoms with Crippen molar-refractivity contribution >= 4 is 5.84 Å². The van der Waals surface area contributed by atoms with Crippen molar-refractivity contribution in [3.8, 4) is 5.75 Å². The number of nitrogen functional groups attached to an aromatic ring is 1. The first kappa shape index (κ1) is 15.0. The Labute approximate surface area is 124 Å². The number of benzene rings is 2. The van der Waals surface area contributed by atoms with Gasteiger partial charge in [0.05, 0.1) is 5.56 Å². The summed E-state index contributed by atoms with van der Waals surface area (Å²) in [5.74, 6) is 0.304. The largest absolute Gasteiger partial charge is 0.489 e. The van der Waals surface area contributed by atoms with E-state index in [9.17, 15) is 4.39 Å². The lowest BCUT2D eigenvalue weighted by atomic mass is 10.0. The number of ether oxygens (including phenoxy) is 1. The average molecular weight is 286 g/mol. The van der Waals surface area contributed by atoms with E-state index in [1.807, 2.05) is 24.3 Å². The van der Waals surface area contributed by atoms with Crippen molar-refractivity contribution in [2.24, 2.45) is 5.73 Å². The SMILES string of the molecule is CC(C)c1ccccc1OCc1cccc(C(=N)N)c1F. The number of nitrogens with two attached hydrogens (primary N) is 1. The van der Waals surface area contributed by atoms with E-state index in [1.54, 1.807) is 12.1 Å². The molecular formula is C17H19FN2O. The molecule has 0 unspecified atom stereocenters. The first-order valence-corrected chi connectivity index (χ1v) is 6.84. The summed E-state index contributed by atoms with van der Waals surface area (Å²) in [6.07, 6.45) is 0. The molecule has 0 bridgehead atoms. The van der Waals surface area contributed by atoms with Crippen LogP contribution in [-0.2, 0) is 6.61 Å². The summed E-state index contributed by atoms with van der Waals surface area (Å²) in [6, 6.07) is 12.5. The number of halogens is 1. The predicted octanol–water partition coefficient (Wildman–Crippen LogP) is 3.81. The predicted molar refractivity (Wildman–Crippen MR) is 82.3 cm³/mol. The lowest BCUT2D eigenvalue weighted by molar-refractivity contribution is 0.295. The molecule has 0 amide bonds. The Morgan fingerprint density at radius 3 is 2.57 bits per heavy atom. The van der Waals surface area contributed by atoms with Crippen LogP contribution in [0.15, 0.2) is 42.5 Å². The highest BCUT2D eigenvalue weighted by Gasteiger charge is 2.12. The van der Waals surface area contributed by atoms with Gasteiger partial charge < -0.3 is 10.5 Å². The van der Waals surface area contributed by atoms with E-state index in [0.29, 0.717) is 11.5 Å². The van der Waals surface area contributed by atoms with Crippen LogP contribution in [0.3, 0.4) is 0 Å². The molecule has 3 nitrogen and oxygen atoms in total. The van der Waals surface area contributed by atoms with Crippen LogP contribution < -0.4 is 10.5 Å². The third-order valence-electron chi connectivity index (χ3n) is 3.29. The minimum Gasteiger partial charge on any atom is -0.489 e. The molecule has 0 aliphatic heterocycles. The summed E-state index contributed by atoms with van der Waals surface area (Å²) in [7, 11) is 0. The van der Waals surface area contributed by atoms with Gasteiger partial charge in [-0.25, -0.2) is 4.39 Å². The maximum absolute atomic E-state index is 14.2. The van der Waals surface area contributed by atoms with E-state index in [4.69, 9.17) is 15.9 Å². The molecule has 2 aromatic rings. The summed E-state index contributed by atoms with van der Waals surface area (Å²) < 4.78 is 19.9. The van der Waals surface area contributed by atoms with Gasteiger partial charge in [-0.05, 0) is 23.6 Å². The quantitative estimate of drug-likeness (QED) is 0.648. The topological polar surface area (TPSA) is 59.1 Å². The Hall–Kier alpha value is -2.36. The Morgan fingerprint density at radius 2 is 1.90 bits per heavy atom. The van der Waals surface area contributed by atoms with Gasteiger partial charge >= 0.3 is 0 Å². The Morgan fingerprint density at radius 1 is 1.19 bits per heavy atom. The molecular weight excluding hydrogens is 267 g/mol. The number of amidine groups is 1. The number of hydrogen-bond donors (Lipinski definition) is 2. The van der Waals surface area contributed by atoms with E-state index >= 15 is 0 Å². The molecule has 0 aliphatic rings. The zero-order valence-electron chi connectivity index (χ0n) is 12.2. The lowest BCUT2D eigenvalue weighted by Crippen LogP contribution is -2.14. The van der Waals surface area contributed by atoms with Gasteiger partial charge in [-0.2, -0.15) is 0 Å². The van der Waals surface area contributed by atoms with Gasteiger partial charge in [-0.15, -0.1) is 0 Å². The monoisotopic (exact) mass is 286 g/mol. The van der Waals surface area contributed by atoms with E-state index in [1.165, 1.54) is 6.07 Å². The number of rotatable bonds is 5. The van der Waals surface area contributed by atoms with Gasteiger partial charge in [0.2, 0.25) is 0 Å². The van der Waals surface area contributed by atoms with Crippen LogP contribution in [0.2, 0.25) is 0 Å². The van der Waals surface area contributed by atoms with Crippen molar-refractivity contribution in [3.05, 3.63) is 65.0 Å². The number of hydrogen-bond acceptors (Lipinski definition) is 2. The fourth-order valence-electron chi connectivity index (χ4n) is 2.14. The summed E-state index contributed by atoms with van der Waals surface area (Å²) >= 11 is 0. The fraction of sp³-hybridized carbons (Fsp3) is 0.235. The van der Waals surface area contributed by atoms with Crippen LogP contribution in [0, 0.1) is 11.2 Å². The Balaban J connectivity index is 2.21. The van der Waals surface area contributed by atoms with Crippen molar-refractivity contribution in [1.82, 2.24) is 0 Å². The zero-order chi connectivity index (χ0) is 15.4. The van der Waals surface area contributed by atoms with Crippen molar-refractivity contribution in [2.45, 2.75) is 26.4 Å². The van der Waals surface area contributed by atoms with E-state index in [-0.39, 0.29) is 18.0 Å². The van der Waals surface area contributed by atoms with Crippen molar-refractivity contribution in [3.63, 3.8) is 0 Å². The van der Waals surface area contributed by atoms with Gasteiger partial charge in [0.15, 0.2) is 0 Å². The highest BCUT2D eigenvalue weighted by Crippen LogP contribution is 2.27. The summed E-state index contributed by atoms with van der Waals surface area (Å²) in [4.78, 5) is 0. The van der Waals surface area contributed by atoms with Gasteiger partial charge in [-0.1, -0.05) is 44.2 Å². The third kappa shape index (κ3) is 3.40. The highest BCUT2D eigenvalue weighted by atomic mass is 19.1. The zero-order valence-corrected chi connectivity index (χ0v) is 12.2. The molecule has 21 heavy (non-hydrogen) atoms. The van der Waals surface area contributed by atoms with E-state index in [2.05, 4.69) is 13.8 Å². The van der Waals surface area contributed by atoms with E-state index < -0.39 is 5.82 Å². The third-order valence-corrected chi connectivity index (χ3v) is 3.29. The molecule has 110 valence electrons. The molecule has 0 saturated heterocycles. The minimum atomic E-state index is -0.493. The summed E-state index contributed by atoms with van der Waals surface area (Å²) in [5, 5.41) is 7.36. The smallest absolute Gasteiger partial charge is 0.140 e. The maximum Gasteiger partial charge on any atom is 0.140 e. The van der Waals surface area contributed by atoms with E-state index in [0.717, 1.165) is 11.3 Å². The molecule has 4 heteroatoms. The molecule has 0 spiro atoms. The van der Waals surface area contributed by atoms with Gasteiger partial charge in [0, 0.05) is 5.56 Å². The Kier molecular flexibility index (Phi) is 4.58. The van der Waals surface area contributed by atoms with Crippen LogP contribution in [-0.4, -0.2) is 5.84 Å². The second-order valence-electron chi connectivity index (χ2n) is 5.17. The molecule has 0 radical (unpaired) electrons. The number of nitrogens with one attached hydrogen (secondary N) is 1. The van der Waals surface area contributed by atoms with Crippen LogP contribution in [0.25, 0.3) is 0 Å². The van der Waals surface area contributed by atoms with Crippen LogP contribution in [0.1, 0.15) is 36.5 Å². The number of para-hydroxylation sites is 1. The van der Waals surface area contributed by atoms with Crippen LogP contribution in [0.5, 0.6) is 5.75 Å². The molecule has 0 aromatic heterocycles. The second-order valence-corrected chi connectivity index (χ2v) is 5.17. The van der Waals surface area contributed by atoms with Gasteiger partial charge in [-0.3, -0.25) is 5.41 Å². The molecule has 2 rings (SSSR count). The first-order valence-electron chi connectivity index (χ1n) is 6.84. The summed E-state index contributed by atoms with van der Waals surface area (Å²) in [6.45, 7) is 4.27. The van der Waals surface area contributed by atoms with Crippen LogP contribution in [0.4, 0.5) is 4.39 Å².